The minimum Gasteiger partial charge on any atom is -0.212 e. The van der Waals surface area contributed by atoms with E-state index in [0.29, 0.717) is 0 Å². The van der Waals surface area contributed by atoms with Crippen LogP contribution in [0.3, 0.4) is 0 Å². The van der Waals surface area contributed by atoms with Gasteiger partial charge in [0.05, 0.1) is 5.75 Å². The molecule has 1 atom stereocenters. The Hall–Kier alpha value is -0.870. The third kappa shape index (κ3) is 5.33. The second-order valence-corrected chi connectivity index (χ2v) is 7.21. The van der Waals surface area contributed by atoms with Gasteiger partial charge in [0.15, 0.2) is 0 Å². The zero-order valence-electron chi connectivity index (χ0n) is 10.9. The molecule has 1 unspecified atom stereocenters. The van der Waals surface area contributed by atoms with Crippen molar-refractivity contribution in [1.82, 2.24) is 4.72 Å². The molecule has 0 bridgehead atoms. The number of hydrogen-bond acceptors (Lipinski definition) is 2. The summed E-state index contributed by atoms with van der Waals surface area (Å²) in [5, 5.41) is 0. The first kappa shape index (κ1) is 14.2. The summed E-state index contributed by atoms with van der Waals surface area (Å²) in [5.74, 6) is 0.116. The molecule has 0 radical (unpaired) electrons. The molecule has 0 spiro atoms. The van der Waals surface area contributed by atoms with Gasteiger partial charge in [-0.2, -0.15) is 0 Å². The number of hydrogen-bond donors (Lipinski definition) is 1. The van der Waals surface area contributed by atoms with Crippen molar-refractivity contribution in [3.63, 3.8) is 0 Å². The Morgan fingerprint density at radius 3 is 2.18 bits per heavy atom. The van der Waals surface area contributed by atoms with Gasteiger partial charge in [-0.1, -0.05) is 37.3 Å². The van der Waals surface area contributed by atoms with E-state index < -0.39 is 15.6 Å². The topological polar surface area (TPSA) is 46.2 Å². The maximum Gasteiger partial charge on any atom is 0.212 e. The lowest BCUT2D eigenvalue weighted by molar-refractivity contribution is 0.489. The summed E-state index contributed by atoms with van der Waals surface area (Å²) >= 11 is 0. The fourth-order valence-electron chi connectivity index (χ4n) is 1.72. The van der Waals surface area contributed by atoms with E-state index in [-0.39, 0.29) is 11.7 Å². The Kier molecular flexibility index (Phi) is 4.33. The SMILES string of the molecule is CC(CS(=O)(=O)NC(C)(C)C)c1ccccc1. The molecule has 0 saturated heterocycles. The van der Waals surface area contributed by atoms with E-state index in [9.17, 15) is 8.42 Å². The van der Waals surface area contributed by atoms with Gasteiger partial charge in [-0.15, -0.1) is 0 Å². The molecule has 0 aliphatic carbocycles. The highest BCUT2D eigenvalue weighted by molar-refractivity contribution is 7.89. The van der Waals surface area contributed by atoms with E-state index in [1.54, 1.807) is 0 Å². The van der Waals surface area contributed by atoms with Crippen molar-refractivity contribution in [2.45, 2.75) is 39.2 Å². The van der Waals surface area contributed by atoms with Crippen LogP contribution >= 0.6 is 0 Å². The second kappa shape index (κ2) is 5.19. The lowest BCUT2D eigenvalue weighted by Crippen LogP contribution is -2.42. The van der Waals surface area contributed by atoms with Gasteiger partial charge in [0.2, 0.25) is 10.0 Å². The molecule has 0 fully saturated rings. The lowest BCUT2D eigenvalue weighted by atomic mass is 10.0. The van der Waals surface area contributed by atoms with Gasteiger partial charge in [-0.05, 0) is 32.3 Å². The predicted molar refractivity (Wildman–Crippen MR) is 71.5 cm³/mol. The van der Waals surface area contributed by atoms with Gasteiger partial charge in [0, 0.05) is 5.54 Å². The molecular weight excluding hydrogens is 234 g/mol. The Bertz CT molecular complexity index is 446. The zero-order valence-corrected chi connectivity index (χ0v) is 11.7. The number of nitrogens with one attached hydrogen (secondary N) is 1. The summed E-state index contributed by atoms with van der Waals surface area (Å²) in [7, 11) is -3.24. The van der Waals surface area contributed by atoms with Crippen LogP contribution in [0.15, 0.2) is 30.3 Å². The molecule has 17 heavy (non-hydrogen) atoms. The third-order valence-corrected chi connectivity index (χ3v) is 4.16. The highest BCUT2D eigenvalue weighted by Crippen LogP contribution is 2.17. The smallest absolute Gasteiger partial charge is 0.212 e. The van der Waals surface area contributed by atoms with E-state index in [4.69, 9.17) is 0 Å². The molecule has 1 rings (SSSR count). The molecule has 0 aromatic heterocycles. The quantitative estimate of drug-likeness (QED) is 0.898. The van der Waals surface area contributed by atoms with Gasteiger partial charge in [0.25, 0.3) is 0 Å². The Morgan fingerprint density at radius 1 is 1.18 bits per heavy atom. The van der Waals surface area contributed by atoms with Gasteiger partial charge < -0.3 is 0 Å². The number of benzene rings is 1. The van der Waals surface area contributed by atoms with Gasteiger partial charge in [-0.3, -0.25) is 0 Å². The average molecular weight is 255 g/mol. The largest absolute Gasteiger partial charge is 0.212 e. The van der Waals surface area contributed by atoms with Crippen LogP contribution in [-0.2, 0) is 10.0 Å². The molecule has 0 aliphatic rings. The van der Waals surface area contributed by atoms with Crippen molar-refractivity contribution in [3.8, 4) is 0 Å². The van der Waals surface area contributed by atoms with Crippen LogP contribution in [0.4, 0.5) is 0 Å². The molecule has 3 nitrogen and oxygen atoms in total. The molecule has 0 amide bonds. The molecule has 0 saturated carbocycles. The van der Waals surface area contributed by atoms with Crippen molar-refractivity contribution >= 4 is 10.0 Å². The first-order valence-electron chi connectivity index (χ1n) is 5.76. The monoisotopic (exact) mass is 255 g/mol. The van der Waals surface area contributed by atoms with Crippen LogP contribution in [0.1, 0.15) is 39.2 Å². The lowest BCUT2D eigenvalue weighted by Gasteiger charge is -2.22. The fourth-order valence-corrected chi connectivity index (χ4v) is 3.58. The number of sulfonamides is 1. The van der Waals surface area contributed by atoms with Gasteiger partial charge in [-0.25, -0.2) is 13.1 Å². The summed E-state index contributed by atoms with van der Waals surface area (Å²) in [4.78, 5) is 0. The van der Waals surface area contributed by atoms with Crippen molar-refractivity contribution in [2.75, 3.05) is 5.75 Å². The average Bonchev–Trinajstić information content (AvgIpc) is 2.14. The van der Waals surface area contributed by atoms with Crippen LogP contribution in [0, 0.1) is 0 Å². The first-order valence-corrected chi connectivity index (χ1v) is 7.41. The van der Waals surface area contributed by atoms with Gasteiger partial charge >= 0.3 is 0 Å². The highest BCUT2D eigenvalue weighted by Gasteiger charge is 2.22. The van der Waals surface area contributed by atoms with Crippen LogP contribution < -0.4 is 4.72 Å². The van der Waals surface area contributed by atoms with E-state index in [1.807, 2.05) is 58.0 Å². The van der Waals surface area contributed by atoms with Gasteiger partial charge in [0.1, 0.15) is 0 Å². The zero-order chi connectivity index (χ0) is 13.1. The standard InChI is InChI=1S/C13H21NO2S/c1-11(12-8-6-5-7-9-12)10-17(15,16)14-13(2,3)4/h5-9,11,14H,10H2,1-4H3. The minimum absolute atomic E-state index is 0.00366. The molecule has 1 aromatic rings. The normalized spacial score (nSPS) is 14.6. The fraction of sp³-hybridized carbons (Fsp3) is 0.538. The summed E-state index contributed by atoms with van der Waals surface area (Å²) in [6.45, 7) is 7.46. The first-order chi connectivity index (χ1) is 7.70. The maximum atomic E-state index is 11.9. The van der Waals surface area contributed by atoms with Crippen molar-refractivity contribution in [2.24, 2.45) is 0 Å². The van der Waals surface area contributed by atoms with Crippen molar-refractivity contribution < 1.29 is 8.42 Å². The molecule has 4 heteroatoms. The van der Waals surface area contributed by atoms with Crippen LogP contribution in [-0.4, -0.2) is 19.7 Å². The van der Waals surface area contributed by atoms with Crippen molar-refractivity contribution in [1.29, 1.82) is 0 Å². The Balaban J connectivity index is 2.72. The van der Waals surface area contributed by atoms with E-state index in [1.165, 1.54) is 0 Å². The predicted octanol–water partition coefficient (Wildman–Crippen LogP) is 2.51. The summed E-state index contributed by atoms with van der Waals surface area (Å²) < 4.78 is 26.5. The molecule has 0 aliphatic heterocycles. The maximum absolute atomic E-state index is 11.9. The minimum atomic E-state index is -3.24. The molecule has 0 heterocycles. The van der Waals surface area contributed by atoms with Crippen molar-refractivity contribution in [3.05, 3.63) is 35.9 Å². The number of rotatable bonds is 4. The van der Waals surface area contributed by atoms with E-state index >= 15 is 0 Å². The summed E-state index contributed by atoms with van der Waals surface area (Å²) in [6, 6.07) is 9.69. The molecule has 1 N–H and O–H groups in total. The summed E-state index contributed by atoms with van der Waals surface area (Å²) in [6.07, 6.45) is 0. The van der Waals surface area contributed by atoms with Crippen LogP contribution in [0.5, 0.6) is 0 Å². The van der Waals surface area contributed by atoms with Crippen LogP contribution in [0.25, 0.3) is 0 Å². The van der Waals surface area contributed by atoms with Crippen LogP contribution in [0.2, 0.25) is 0 Å². The highest BCUT2D eigenvalue weighted by atomic mass is 32.2. The molecule has 1 aromatic carbocycles. The summed E-state index contributed by atoms with van der Waals surface area (Å²) in [5.41, 5.74) is 0.627. The second-order valence-electron chi connectivity index (χ2n) is 5.45. The Labute approximate surface area is 104 Å². The van der Waals surface area contributed by atoms with E-state index in [0.717, 1.165) is 5.56 Å². The molecule has 96 valence electrons. The Morgan fingerprint density at radius 2 is 1.71 bits per heavy atom. The molecular formula is C13H21NO2S. The third-order valence-electron chi connectivity index (χ3n) is 2.30. The van der Waals surface area contributed by atoms with E-state index in [2.05, 4.69) is 4.72 Å².